The predicted molar refractivity (Wildman–Crippen MR) is 153 cm³/mol. The Bertz CT molecular complexity index is 1830. The zero-order valence-electron chi connectivity index (χ0n) is 23.0. The number of nitrogens with one attached hydrogen (secondary N) is 2. The smallest absolute Gasteiger partial charge is 0.296 e. The Balaban J connectivity index is 1.37. The van der Waals surface area contributed by atoms with E-state index in [-0.39, 0.29) is 11.6 Å². The lowest BCUT2D eigenvalue weighted by Crippen LogP contribution is -2.33. The third-order valence-corrected chi connectivity index (χ3v) is 7.56. The van der Waals surface area contributed by atoms with Crippen LogP contribution in [-0.2, 0) is 17.7 Å². The zero-order valence-corrected chi connectivity index (χ0v) is 23.0. The highest BCUT2D eigenvalue weighted by atomic mass is 16.6. The molecule has 1 unspecified atom stereocenters. The summed E-state index contributed by atoms with van der Waals surface area (Å²) in [7, 11) is 1.60. The van der Waals surface area contributed by atoms with E-state index < -0.39 is 5.76 Å². The third kappa shape index (κ3) is 5.11. The molecule has 0 bridgehead atoms. The molecule has 1 atom stereocenters. The van der Waals surface area contributed by atoms with E-state index in [0.29, 0.717) is 24.4 Å². The maximum atomic E-state index is 14.2. The Hall–Kier alpha value is -4.77. The number of benzene rings is 2. The summed E-state index contributed by atoms with van der Waals surface area (Å²) in [4.78, 5) is 37.9. The largest absolute Gasteiger partial charge is 0.439 e. The van der Waals surface area contributed by atoms with Crippen molar-refractivity contribution in [3.8, 4) is 22.5 Å². The first-order valence-corrected chi connectivity index (χ1v) is 13.8. The molecule has 3 aromatic heterocycles. The number of aryl methyl sites for hydroxylation is 1. The second-order valence-corrected chi connectivity index (χ2v) is 10.1. The molecule has 2 aromatic carbocycles. The van der Waals surface area contributed by atoms with Gasteiger partial charge in [-0.25, -0.2) is 9.31 Å². The number of rotatable bonds is 9. The van der Waals surface area contributed by atoms with E-state index in [9.17, 15) is 9.59 Å². The number of hydroxylamine groups is 1. The minimum Gasteiger partial charge on any atom is -0.296 e. The number of fused-ring (bicyclic) bond motifs is 1. The van der Waals surface area contributed by atoms with E-state index in [0.717, 1.165) is 64.9 Å². The molecule has 11 heteroatoms. The fourth-order valence-corrected chi connectivity index (χ4v) is 5.65. The Kier molecular flexibility index (Phi) is 7.34. The average molecular weight is 554 g/mol. The van der Waals surface area contributed by atoms with Crippen LogP contribution in [0.1, 0.15) is 55.5 Å². The van der Waals surface area contributed by atoms with E-state index in [2.05, 4.69) is 38.7 Å². The molecule has 11 nitrogen and oxygen atoms in total. The number of H-pyrrole nitrogens is 1. The summed E-state index contributed by atoms with van der Waals surface area (Å²) in [5, 5.41) is 8.39. The fourth-order valence-electron chi connectivity index (χ4n) is 5.65. The number of hydrogen-bond acceptors (Lipinski definition) is 8. The fraction of sp³-hybridized carbons (Fsp3) is 0.300. The van der Waals surface area contributed by atoms with E-state index in [1.165, 1.54) is 6.33 Å². The van der Waals surface area contributed by atoms with E-state index in [4.69, 9.17) is 9.36 Å². The molecule has 5 aromatic rings. The van der Waals surface area contributed by atoms with Gasteiger partial charge in [0.1, 0.15) is 6.33 Å². The van der Waals surface area contributed by atoms with Gasteiger partial charge in [-0.1, -0.05) is 73.1 Å². The molecule has 1 aliphatic carbocycles. The van der Waals surface area contributed by atoms with Crippen LogP contribution in [0.15, 0.2) is 80.7 Å². The van der Waals surface area contributed by atoms with Gasteiger partial charge in [0.25, 0.3) is 5.56 Å². The standard InChI is InChI=1S/C30H31N7O4/c1-3-6-26-25(28(38)36(29-31-18-32-37(26)29)22-15-13-21(14-16-22)34-40-2)17-19-9-11-20(12-10-19)23-7-4-5-8-24(23)27-33-30(39)41-35-27/h4-5,7-13,18,22,34H,3,6,14-17H2,1-2H3,(H,33,35,39). The summed E-state index contributed by atoms with van der Waals surface area (Å²) < 4.78 is 8.38. The summed E-state index contributed by atoms with van der Waals surface area (Å²) in [6.45, 7) is 2.10. The summed E-state index contributed by atoms with van der Waals surface area (Å²) in [5.41, 5.74) is 9.21. The van der Waals surface area contributed by atoms with Gasteiger partial charge in [-0.15, -0.1) is 0 Å². The second-order valence-electron chi connectivity index (χ2n) is 10.1. The minimum absolute atomic E-state index is 0.0140. The van der Waals surface area contributed by atoms with Crippen LogP contribution in [0.3, 0.4) is 0 Å². The number of hydrogen-bond donors (Lipinski definition) is 2. The van der Waals surface area contributed by atoms with Crippen LogP contribution >= 0.6 is 0 Å². The van der Waals surface area contributed by atoms with Crippen molar-refractivity contribution in [1.29, 1.82) is 0 Å². The van der Waals surface area contributed by atoms with Crippen molar-refractivity contribution in [3.05, 3.63) is 104 Å². The van der Waals surface area contributed by atoms with E-state index in [1.807, 2.05) is 57.6 Å². The molecule has 41 heavy (non-hydrogen) atoms. The van der Waals surface area contributed by atoms with Crippen LogP contribution in [0.2, 0.25) is 0 Å². The SMILES string of the molecule is CCCc1c(Cc2ccc(-c3ccccc3-c3noc(=O)[nH]3)cc2)c(=O)n(C2CC=C(NOC)CC2)c2ncnn12. The monoisotopic (exact) mass is 553 g/mol. The number of allylic oxidation sites excluding steroid dienone is 2. The highest BCUT2D eigenvalue weighted by molar-refractivity contribution is 5.80. The van der Waals surface area contributed by atoms with Gasteiger partial charge in [-0.3, -0.25) is 29.2 Å². The van der Waals surface area contributed by atoms with Gasteiger partial charge < -0.3 is 0 Å². The summed E-state index contributed by atoms with van der Waals surface area (Å²) in [6.07, 6.45) is 7.96. The van der Waals surface area contributed by atoms with Gasteiger partial charge in [0.15, 0.2) is 5.82 Å². The van der Waals surface area contributed by atoms with Crippen LogP contribution < -0.4 is 16.8 Å². The Labute approximate surface area is 235 Å². The van der Waals surface area contributed by atoms with Crippen LogP contribution in [0.5, 0.6) is 0 Å². The van der Waals surface area contributed by atoms with Crippen molar-refractivity contribution in [2.75, 3.05) is 7.11 Å². The van der Waals surface area contributed by atoms with E-state index >= 15 is 0 Å². The molecule has 0 aliphatic heterocycles. The molecule has 2 N–H and O–H groups in total. The van der Waals surface area contributed by atoms with Crippen LogP contribution in [0.4, 0.5) is 0 Å². The molecular formula is C30H31N7O4. The van der Waals surface area contributed by atoms with Crippen LogP contribution in [-0.4, -0.2) is 36.4 Å². The Morgan fingerprint density at radius 3 is 2.61 bits per heavy atom. The first-order valence-electron chi connectivity index (χ1n) is 13.8. The molecule has 0 saturated carbocycles. The van der Waals surface area contributed by atoms with Crippen molar-refractivity contribution >= 4 is 5.78 Å². The maximum Gasteiger partial charge on any atom is 0.439 e. The lowest BCUT2D eigenvalue weighted by molar-refractivity contribution is 0.112. The van der Waals surface area contributed by atoms with Crippen molar-refractivity contribution in [1.82, 2.24) is 34.8 Å². The summed E-state index contributed by atoms with van der Waals surface area (Å²) in [5.74, 6) is 0.365. The zero-order chi connectivity index (χ0) is 28.3. The minimum atomic E-state index is -0.598. The van der Waals surface area contributed by atoms with Crippen molar-refractivity contribution in [2.45, 2.75) is 51.5 Å². The first-order chi connectivity index (χ1) is 20.1. The highest BCUT2D eigenvalue weighted by Crippen LogP contribution is 2.31. The van der Waals surface area contributed by atoms with Gasteiger partial charge in [0.05, 0.1) is 12.8 Å². The van der Waals surface area contributed by atoms with E-state index in [1.54, 1.807) is 7.11 Å². The molecule has 3 heterocycles. The molecule has 0 amide bonds. The van der Waals surface area contributed by atoms with Crippen molar-refractivity contribution in [3.63, 3.8) is 0 Å². The van der Waals surface area contributed by atoms with Gasteiger partial charge in [-0.2, -0.15) is 10.1 Å². The molecule has 1 aliphatic rings. The number of aromatic nitrogens is 6. The van der Waals surface area contributed by atoms with Gasteiger partial charge in [0.2, 0.25) is 5.78 Å². The van der Waals surface area contributed by atoms with Crippen LogP contribution in [0.25, 0.3) is 28.3 Å². The highest BCUT2D eigenvalue weighted by Gasteiger charge is 2.25. The normalized spacial score (nSPS) is 15.3. The quantitative estimate of drug-likeness (QED) is 0.260. The topological polar surface area (TPSA) is 132 Å². The molecule has 6 rings (SSSR count). The Morgan fingerprint density at radius 1 is 1.12 bits per heavy atom. The predicted octanol–water partition coefficient (Wildman–Crippen LogP) is 4.20. The number of nitrogens with zero attached hydrogens (tertiary/aromatic N) is 5. The van der Waals surface area contributed by atoms with Crippen molar-refractivity contribution in [2.24, 2.45) is 0 Å². The second kappa shape index (κ2) is 11.4. The number of aromatic amines is 1. The van der Waals surface area contributed by atoms with Crippen molar-refractivity contribution < 1.29 is 9.36 Å². The lowest BCUT2D eigenvalue weighted by atomic mass is 9.95. The molecule has 210 valence electrons. The maximum absolute atomic E-state index is 14.2. The van der Waals surface area contributed by atoms with Crippen LogP contribution in [0, 0.1) is 0 Å². The molecular weight excluding hydrogens is 522 g/mol. The molecule has 0 radical (unpaired) electrons. The molecule has 0 saturated heterocycles. The summed E-state index contributed by atoms with van der Waals surface area (Å²) in [6, 6.07) is 15.8. The average Bonchev–Trinajstić information content (AvgIpc) is 3.66. The molecule has 0 fully saturated rings. The van der Waals surface area contributed by atoms with Gasteiger partial charge in [0, 0.05) is 29.3 Å². The first kappa shape index (κ1) is 26.5. The lowest BCUT2D eigenvalue weighted by Gasteiger charge is -2.26. The Morgan fingerprint density at radius 2 is 1.93 bits per heavy atom. The third-order valence-electron chi connectivity index (χ3n) is 7.56. The molecule has 0 spiro atoms. The summed E-state index contributed by atoms with van der Waals surface area (Å²) >= 11 is 0. The van der Waals surface area contributed by atoms with Gasteiger partial charge in [-0.05, 0) is 42.4 Å². The van der Waals surface area contributed by atoms with Gasteiger partial charge >= 0.3 is 5.76 Å².